The number of hydrogen-bond acceptors (Lipinski definition) is 2. The van der Waals surface area contributed by atoms with Crippen LogP contribution in [0.3, 0.4) is 0 Å². The highest BCUT2D eigenvalue weighted by atomic mass is 35.5. The van der Waals surface area contributed by atoms with Gasteiger partial charge in [0, 0.05) is 22.1 Å². The van der Waals surface area contributed by atoms with E-state index in [1.54, 1.807) is 0 Å². The first-order chi connectivity index (χ1) is 9.62. The number of hydrogen-bond donors (Lipinski definition) is 1. The van der Waals surface area contributed by atoms with Crippen LogP contribution in [0.2, 0.25) is 5.02 Å². The second kappa shape index (κ2) is 5.34. The molecule has 1 atom stereocenters. The van der Waals surface area contributed by atoms with Gasteiger partial charge < -0.3 is 5.32 Å². The number of pyridine rings is 1. The molecule has 1 saturated heterocycles. The molecule has 0 radical (unpaired) electrons. The molecule has 1 aliphatic heterocycles. The maximum atomic E-state index is 6.29. The van der Waals surface area contributed by atoms with Crippen LogP contribution in [0.5, 0.6) is 0 Å². The minimum atomic E-state index is 0.207. The molecule has 20 heavy (non-hydrogen) atoms. The quantitative estimate of drug-likeness (QED) is 0.915. The Kier molecular flexibility index (Phi) is 3.70. The van der Waals surface area contributed by atoms with Crippen LogP contribution in [0.4, 0.5) is 0 Å². The predicted molar refractivity (Wildman–Crippen MR) is 85.3 cm³/mol. The highest BCUT2D eigenvalue weighted by Crippen LogP contribution is 2.34. The van der Waals surface area contributed by atoms with Crippen LogP contribution in [0.25, 0.3) is 10.9 Å². The summed E-state index contributed by atoms with van der Waals surface area (Å²) in [7, 11) is 0. The van der Waals surface area contributed by atoms with Crippen molar-refractivity contribution < 1.29 is 0 Å². The molecule has 3 rings (SSSR count). The lowest BCUT2D eigenvalue weighted by molar-refractivity contribution is 0.270. The van der Waals surface area contributed by atoms with E-state index < -0.39 is 0 Å². The lowest BCUT2D eigenvalue weighted by Crippen LogP contribution is -2.46. The number of rotatable bonds is 3. The smallest absolute Gasteiger partial charge is 0.0749 e. The van der Waals surface area contributed by atoms with Gasteiger partial charge in [0.15, 0.2) is 0 Å². The number of aromatic nitrogens is 1. The van der Waals surface area contributed by atoms with Crippen molar-refractivity contribution in [2.24, 2.45) is 5.92 Å². The molecule has 106 valence electrons. The zero-order chi connectivity index (χ0) is 14.2. The summed E-state index contributed by atoms with van der Waals surface area (Å²) >= 11 is 6.29. The second-order valence-corrected chi connectivity index (χ2v) is 6.53. The lowest BCUT2D eigenvalue weighted by atomic mass is 9.79. The van der Waals surface area contributed by atoms with E-state index in [4.69, 9.17) is 11.6 Å². The Balaban J connectivity index is 2.05. The zero-order valence-corrected chi connectivity index (χ0v) is 12.9. The molecule has 1 aromatic carbocycles. The van der Waals surface area contributed by atoms with Gasteiger partial charge in [-0.25, -0.2) is 0 Å². The van der Waals surface area contributed by atoms with Crippen LogP contribution >= 0.6 is 11.6 Å². The molecule has 1 unspecified atom stereocenters. The van der Waals surface area contributed by atoms with Crippen LogP contribution in [0.1, 0.15) is 32.3 Å². The summed E-state index contributed by atoms with van der Waals surface area (Å²) in [6, 6.07) is 8.15. The molecule has 0 amide bonds. The minimum absolute atomic E-state index is 0.207. The molecule has 0 bridgehead atoms. The zero-order valence-electron chi connectivity index (χ0n) is 12.1. The fraction of sp³-hybridized carbons (Fsp3) is 0.471. The van der Waals surface area contributed by atoms with Gasteiger partial charge in [0.25, 0.3) is 0 Å². The van der Waals surface area contributed by atoms with Crippen molar-refractivity contribution in [1.29, 1.82) is 0 Å². The fourth-order valence-electron chi connectivity index (χ4n) is 3.36. The van der Waals surface area contributed by atoms with Gasteiger partial charge >= 0.3 is 0 Å². The molecule has 0 aliphatic carbocycles. The van der Waals surface area contributed by atoms with Gasteiger partial charge in [-0.15, -0.1) is 0 Å². The maximum absolute atomic E-state index is 6.29. The molecular weight excluding hydrogens is 268 g/mol. The van der Waals surface area contributed by atoms with Gasteiger partial charge in [0.1, 0.15) is 0 Å². The number of halogens is 1. The first-order valence-electron chi connectivity index (χ1n) is 7.39. The number of nitrogens with one attached hydrogen (secondary N) is 1. The van der Waals surface area contributed by atoms with E-state index in [1.807, 2.05) is 18.3 Å². The molecule has 3 heteroatoms. The first-order valence-corrected chi connectivity index (χ1v) is 7.77. The summed E-state index contributed by atoms with van der Waals surface area (Å²) in [6.07, 6.45) is 5.38. The molecule has 2 aromatic rings. The van der Waals surface area contributed by atoms with E-state index in [-0.39, 0.29) is 5.54 Å². The summed E-state index contributed by atoms with van der Waals surface area (Å²) in [5, 5.41) is 5.58. The third-order valence-electron chi connectivity index (χ3n) is 4.69. The molecular formula is C17H21ClN2. The van der Waals surface area contributed by atoms with Gasteiger partial charge in [0.05, 0.1) is 5.52 Å². The number of nitrogens with zero attached hydrogens (tertiary/aromatic N) is 1. The van der Waals surface area contributed by atoms with Crippen LogP contribution in [0.15, 0.2) is 30.5 Å². The highest BCUT2D eigenvalue weighted by molar-refractivity contribution is 6.35. The Morgan fingerprint density at radius 1 is 1.35 bits per heavy atom. The SMILES string of the molecule is CC(C)C1(Cc2ccc(Cl)c3cccnc23)CCCN1. The third kappa shape index (κ3) is 2.32. The average molecular weight is 289 g/mol. The highest BCUT2D eigenvalue weighted by Gasteiger charge is 2.36. The summed E-state index contributed by atoms with van der Waals surface area (Å²) in [5.74, 6) is 0.611. The van der Waals surface area contributed by atoms with E-state index in [1.165, 1.54) is 18.4 Å². The van der Waals surface area contributed by atoms with Gasteiger partial charge in [-0.3, -0.25) is 4.98 Å². The van der Waals surface area contributed by atoms with Gasteiger partial charge in [-0.1, -0.05) is 31.5 Å². The van der Waals surface area contributed by atoms with E-state index in [2.05, 4.69) is 36.3 Å². The number of benzene rings is 1. The Labute approximate surface area is 125 Å². The normalized spacial score (nSPS) is 22.8. The summed E-state index contributed by atoms with van der Waals surface area (Å²) in [6.45, 7) is 5.74. The van der Waals surface area contributed by atoms with Crippen LogP contribution < -0.4 is 5.32 Å². The van der Waals surface area contributed by atoms with Crippen LogP contribution in [-0.2, 0) is 6.42 Å². The predicted octanol–water partition coefficient (Wildman–Crippen LogP) is 4.21. The molecule has 1 fully saturated rings. The van der Waals surface area contributed by atoms with Crippen LogP contribution in [0, 0.1) is 5.92 Å². The molecule has 1 aromatic heterocycles. The number of fused-ring (bicyclic) bond motifs is 1. The topological polar surface area (TPSA) is 24.9 Å². The monoisotopic (exact) mass is 288 g/mol. The van der Waals surface area contributed by atoms with Crippen molar-refractivity contribution in [3.05, 3.63) is 41.0 Å². The standard InChI is InChI=1S/C17H21ClN2/c1-12(2)17(8-4-10-20-17)11-13-6-7-15(18)14-5-3-9-19-16(13)14/h3,5-7,9,12,20H,4,8,10-11H2,1-2H3. The summed E-state index contributed by atoms with van der Waals surface area (Å²) in [5.41, 5.74) is 2.56. The lowest BCUT2D eigenvalue weighted by Gasteiger charge is -2.34. The van der Waals surface area contributed by atoms with Crippen LogP contribution in [-0.4, -0.2) is 17.1 Å². The largest absolute Gasteiger partial charge is 0.311 e. The Hall–Kier alpha value is -1.12. The second-order valence-electron chi connectivity index (χ2n) is 6.12. The maximum Gasteiger partial charge on any atom is 0.0749 e. The summed E-state index contributed by atoms with van der Waals surface area (Å²) in [4.78, 5) is 4.56. The Morgan fingerprint density at radius 2 is 2.20 bits per heavy atom. The van der Waals surface area contributed by atoms with E-state index in [0.717, 1.165) is 28.9 Å². The minimum Gasteiger partial charge on any atom is -0.311 e. The van der Waals surface area contributed by atoms with Crippen molar-refractivity contribution in [3.8, 4) is 0 Å². The Morgan fingerprint density at radius 3 is 2.90 bits per heavy atom. The van der Waals surface area contributed by atoms with Gasteiger partial charge in [0.2, 0.25) is 0 Å². The van der Waals surface area contributed by atoms with E-state index in [0.29, 0.717) is 5.92 Å². The van der Waals surface area contributed by atoms with Crippen molar-refractivity contribution in [1.82, 2.24) is 10.3 Å². The molecule has 2 heterocycles. The molecule has 0 saturated carbocycles. The van der Waals surface area contributed by atoms with E-state index in [9.17, 15) is 0 Å². The van der Waals surface area contributed by atoms with E-state index >= 15 is 0 Å². The fourth-order valence-corrected chi connectivity index (χ4v) is 3.57. The van der Waals surface area contributed by atoms with Gasteiger partial charge in [-0.2, -0.15) is 0 Å². The molecule has 2 nitrogen and oxygen atoms in total. The van der Waals surface area contributed by atoms with Gasteiger partial charge in [-0.05, 0) is 55.5 Å². The van der Waals surface area contributed by atoms with Crippen molar-refractivity contribution in [2.75, 3.05) is 6.54 Å². The third-order valence-corrected chi connectivity index (χ3v) is 5.02. The average Bonchev–Trinajstić information content (AvgIpc) is 2.92. The molecule has 0 spiro atoms. The van der Waals surface area contributed by atoms with Crippen molar-refractivity contribution in [2.45, 2.75) is 38.6 Å². The van der Waals surface area contributed by atoms with Crippen molar-refractivity contribution >= 4 is 22.5 Å². The van der Waals surface area contributed by atoms with Crippen molar-refractivity contribution in [3.63, 3.8) is 0 Å². The Bertz CT molecular complexity index is 615. The first kappa shape index (κ1) is 13.8. The summed E-state index contributed by atoms with van der Waals surface area (Å²) < 4.78 is 0. The molecule has 1 aliphatic rings. The molecule has 1 N–H and O–H groups in total.